The van der Waals surface area contributed by atoms with Crippen LogP contribution in [0.15, 0.2) is 79.0 Å². The number of hydrogen-bond donors (Lipinski definition) is 2. The monoisotopic (exact) mass is 371 g/mol. The lowest BCUT2D eigenvalue weighted by Crippen LogP contribution is -2.26. The number of hydrogen-bond acceptors (Lipinski definition) is 3. The number of H-pyrrole nitrogens is 1. The van der Waals surface area contributed by atoms with Crippen LogP contribution in [0.2, 0.25) is 0 Å². The van der Waals surface area contributed by atoms with Crippen molar-refractivity contribution < 1.29 is 9.53 Å². The van der Waals surface area contributed by atoms with Crippen molar-refractivity contribution in [1.29, 1.82) is 0 Å². The first kappa shape index (κ1) is 17.8. The second-order valence-corrected chi connectivity index (χ2v) is 6.53. The van der Waals surface area contributed by atoms with Gasteiger partial charge in [0.1, 0.15) is 18.1 Å². The number of amides is 1. The van der Waals surface area contributed by atoms with Crippen molar-refractivity contribution in [1.82, 2.24) is 15.3 Å². The minimum Gasteiger partial charge on any atom is -0.489 e. The van der Waals surface area contributed by atoms with Crippen molar-refractivity contribution in [2.24, 2.45) is 0 Å². The molecule has 4 rings (SSSR count). The van der Waals surface area contributed by atoms with Crippen molar-refractivity contribution >= 4 is 16.8 Å². The van der Waals surface area contributed by atoms with Crippen LogP contribution in [0.5, 0.6) is 5.75 Å². The first-order valence-electron chi connectivity index (χ1n) is 9.25. The Kier molecular flexibility index (Phi) is 5.33. The number of pyridine rings is 1. The summed E-state index contributed by atoms with van der Waals surface area (Å²) in [6.07, 6.45) is 2.45. The largest absolute Gasteiger partial charge is 0.489 e. The van der Waals surface area contributed by atoms with Gasteiger partial charge in [-0.3, -0.25) is 9.78 Å². The molecule has 0 unspecified atom stereocenters. The summed E-state index contributed by atoms with van der Waals surface area (Å²) in [6, 6.07) is 23.4. The van der Waals surface area contributed by atoms with Gasteiger partial charge in [-0.05, 0) is 35.9 Å². The molecule has 0 atom stereocenters. The summed E-state index contributed by atoms with van der Waals surface area (Å²) in [5, 5.41) is 3.90. The molecular formula is C23H21N3O2. The number of nitrogens with zero attached hydrogens (tertiary/aromatic N) is 1. The maximum absolute atomic E-state index is 12.4. The topological polar surface area (TPSA) is 67.0 Å². The molecule has 2 heterocycles. The average molecular weight is 371 g/mol. The zero-order chi connectivity index (χ0) is 19.2. The van der Waals surface area contributed by atoms with Crippen LogP contribution in [-0.2, 0) is 13.0 Å². The molecule has 0 aliphatic heterocycles. The van der Waals surface area contributed by atoms with Crippen LogP contribution in [0.4, 0.5) is 0 Å². The third-order valence-corrected chi connectivity index (χ3v) is 4.48. The highest BCUT2D eigenvalue weighted by Crippen LogP contribution is 2.22. The molecule has 2 N–H and O–H groups in total. The number of benzene rings is 2. The average Bonchev–Trinajstić information content (AvgIpc) is 3.17. The standard InChI is InChI=1S/C23H21N3O2/c27-23(25-13-11-19-8-4-5-12-24-19)22-14-18-9-10-20(15-21(18)26-22)28-16-17-6-2-1-3-7-17/h1-10,12,14-15,26H,11,13,16H2,(H,25,27). The van der Waals surface area contributed by atoms with Crippen molar-refractivity contribution in [3.63, 3.8) is 0 Å². The molecule has 0 saturated carbocycles. The predicted octanol–water partition coefficient (Wildman–Crippen LogP) is 4.11. The maximum Gasteiger partial charge on any atom is 0.267 e. The summed E-state index contributed by atoms with van der Waals surface area (Å²) >= 11 is 0. The van der Waals surface area contributed by atoms with E-state index in [0.29, 0.717) is 25.3 Å². The summed E-state index contributed by atoms with van der Waals surface area (Å²) < 4.78 is 5.86. The third kappa shape index (κ3) is 4.38. The second kappa shape index (κ2) is 8.39. The number of nitrogens with one attached hydrogen (secondary N) is 2. The summed E-state index contributed by atoms with van der Waals surface area (Å²) in [7, 11) is 0. The summed E-state index contributed by atoms with van der Waals surface area (Å²) in [5.74, 6) is 0.638. The van der Waals surface area contributed by atoms with E-state index in [9.17, 15) is 4.79 Å². The SMILES string of the molecule is O=C(NCCc1ccccn1)c1cc2ccc(OCc3ccccc3)cc2[nH]1. The smallest absolute Gasteiger partial charge is 0.267 e. The van der Waals surface area contributed by atoms with Crippen LogP contribution >= 0.6 is 0 Å². The first-order chi connectivity index (χ1) is 13.8. The Morgan fingerprint density at radius 1 is 1.00 bits per heavy atom. The molecule has 5 heteroatoms. The van der Waals surface area contributed by atoms with Crippen LogP contribution in [0, 0.1) is 0 Å². The van der Waals surface area contributed by atoms with E-state index in [1.807, 2.05) is 72.8 Å². The van der Waals surface area contributed by atoms with Gasteiger partial charge < -0.3 is 15.0 Å². The number of aromatic nitrogens is 2. The Morgan fingerprint density at radius 3 is 2.68 bits per heavy atom. The fourth-order valence-corrected chi connectivity index (χ4v) is 3.00. The lowest BCUT2D eigenvalue weighted by atomic mass is 10.2. The minimum absolute atomic E-state index is 0.126. The maximum atomic E-state index is 12.4. The Balaban J connectivity index is 1.37. The van der Waals surface area contributed by atoms with Crippen LogP contribution in [0.1, 0.15) is 21.7 Å². The molecule has 4 aromatic rings. The van der Waals surface area contributed by atoms with E-state index >= 15 is 0 Å². The van der Waals surface area contributed by atoms with Crippen LogP contribution in [0.25, 0.3) is 10.9 Å². The molecule has 0 fully saturated rings. The van der Waals surface area contributed by atoms with E-state index in [-0.39, 0.29) is 5.91 Å². The highest BCUT2D eigenvalue weighted by atomic mass is 16.5. The molecule has 0 bridgehead atoms. The van der Waals surface area contributed by atoms with Gasteiger partial charge in [0.25, 0.3) is 5.91 Å². The van der Waals surface area contributed by atoms with Gasteiger partial charge in [-0.25, -0.2) is 0 Å². The number of ether oxygens (including phenoxy) is 1. The predicted molar refractivity (Wildman–Crippen MR) is 109 cm³/mol. The second-order valence-electron chi connectivity index (χ2n) is 6.53. The Morgan fingerprint density at radius 2 is 1.86 bits per heavy atom. The van der Waals surface area contributed by atoms with Gasteiger partial charge in [-0.1, -0.05) is 36.4 Å². The molecule has 5 nitrogen and oxygen atoms in total. The van der Waals surface area contributed by atoms with Gasteiger partial charge in [0, 0.05) is 41.8 Å². The molecule has 0 radical (unpaired) electrons. The zero-order valence-electron chi connectivity index (χ0n) is 15.4. The third-order valence-electron chi connectivity index (χ3n) is 4.48. The molecular weight excluding hydrogens is 350 g/mol. The lowest BCUT2D eigenvalue weighted by Gasteiger charge is -2.06. The zero-order valence-corrected chi connectivity index (χ0v) is 15.4. The van der Waals surface area contributed by atoms with Crippen molar-refractivity contribution in [2.45, 2.75) is 13.0 Å². The molecule has 1 amide bonds. The molecule has 0 aliphatic carbocycles. The number of aromatic amines is 1. The number of carbonyl (C=O) groups is 1. The number of rotatable bonds is 7. The van der Waals surface area contributed by atoms with E-state index in [4.69, 9.17) is 4.74 Å². The molecule has 2 aromatic heterocycles. The molecule has 0 aliphatic rings. The summed E-state index contributed by atoms with van der Waals surface area (Å²) in [4.78, 5) is 19.8. The highest BCUT2D eigenvalue weighted by Gasteiger charge is 2.10. The van der Waals surface area contributed by atoms with Gasteiger partial charge in [0.2, 0.25) is 0 Å². The van der Waals surface area contributed by atoms with Crippen molar-refractivity contribution in [2.75, 3.05) is 6.54 Å². The van der Waals surface area contributed by atoms with E-state index in [2.05, 4.69) is 15.3 Å². The lowest BCUT2D eigenvalue weighted by molar-refractivity contribution is 0.0950. The number of fused-ring (bicyclic) bond motifs is 1. The summed E-state index contributed by atoms with van der Waals surface area (Å²) in [5.41, 5.74) is 3.48. The van der Waals surface area contributed by atoms with Crippen molar-refractivity contribution in [3.8, 4) is 5.75 Å². The van der Waals surface area contributed by atoms with E-state index in [1.165, 1.54) is 0 Å². The van der Waals surface area contributed by atoms with Gasteiger partial charge >= 0.3 is 0 Å². The Hall–Kier alpha value is -3.60. The molecule has 0 spiro atoms. The Labute approximate surface area is 163 Å². The van der Waals surface area contributed by atoms with E-state index in [0.717, 1.165) is 27.9 Å². The number of carbonyl (C=O) groups excluding carboxylic acids is 1. The highest BCUT2D eigenvalue weighted by molar-refractivity contribution is 5.98. The summed E-state index contributed by atoms with van der Waals surface area (Å²) in [6.45, 7) is 1.05. The van der Waals surface area contributed by atoms with Crippen molar-refractivity contribution in [3.05, 3.63) is 95.9 Å². The molecule has 2 aromatic carbocycles. The first-order valence-corrected chi connectivity index (χ1v) is 9.25. The van der Waals surface area contributed by atoms with Gasteiger partial charge in [0.15, 0.2) is 0 Å². The van der Waals surface area contributed by atoms with Crippen LogP contribution in [-0.4, -0.2) is 22.4 Å². The van der Waals surface area contributed by atoms with Crippen LogP contribution in [0.3, 0.4) is 0 Å². The molecule has 0 saturated heterocycles. The van der Waals surface area contributed by atoms with Gasteiger partial charge in [0.05, 0.1) is 0 Å². The van der Waals surface area contributed by atoms with Crippen LogP contribution < -0.4 is 10.1 Å². The fourth-order valence-electron chi connectivity index (χ4n) is 3.00. The normalized spacial score (nSPS) is 10.7. The fraction of sp³-hybridized carbons (Fsp3) is 0.130. The van der Waals surface area contributed by atoms with E-state index in [1.54, 1.807) is 6.20 Å². The molecule has 28 heavy (non-hydrogen) atoms. The van der Waals surface area contributed by atoms with Gasteiger partial charge in [-0.15, -0.1) is 0 Å². The van der Waals surface area contributed by atoms with Gasteiger partial charge in [-0.2, -0.15) is 0 Å². The molecule has 140 valence electrons. The quantitative estimate of drug-likeness (QED) is 0.514. The Bertz CT molecular complexity index is 1060. The van der Waals surface area contributed by atoms with E-state index < -0.39 is 0 Å². The minimum atomic E-state index is -0.126.